The molecule has 1 rings (SSSR count). The van der Waals surface area contributed by atoms with Crippen LogP contribution in [0.25, 0.3) is 0 Å². The van der Waals surface area contributed by atoms with Gasteiger partial charge in [0.05, 0.1) is 18.0 Å². The van der Waals surface area contributed by atoms with Gasteiger partial charge in [-0.2, -0.15) is 16.9 Å². The summed E-state index contributed by atoms with van der Waals surface area (Å²) in [5, 5.41) is 17.3. The lowest BCUT2D eigenvalue weighted by molar-refractivity contribution is 0.275. The molecule has 0 saturated heterocycles. The van der Waals surface area contributed by atoms with Gasteiger partial charge in [-0.25, -0.2) is 0 Å². The van der Waals surface area contributed by atoms with Crippen molar-refractivity contribution in [2.45, 2.75) is 38.1 Å². The van der Waals surface area contributed by atoms with Crippen LogP contribution in [0.3, 0.4) is 0 Å². The molecular weight excluding hydrogens is 234 g/mol. The van der Waals surface area contributed by atoms with Gasteiger partial charge in [-0.05, 0) is 25.7 Å². The lowest BCUT2D eigenvalue weighted by atomic mass is 10.2. The Kier molecular flexibility index (Phi) is 6.02. The first-order chi connectivity index (χ1) is 8.12. The molecule has 17 heavy (non-hydrogen) atoms. The average Bonchev–Trinajstić information content (AvgIpc) is 2.69. The van der Waals surface area contributed by atoms with E-state index in [-0.39, 0.29) is 17.9 Å². The van der Waals surface area contributed by atoms with Gasteiger partial charge in [-0.3, -0.25) is 4.68 Å². The summed E-state index contributed by atoms with van der Waals surface area (Å²) in [7, 11) is 1.97. The van der Waals surface area contributed by atoms with Crippen molar-refractivity contribution in [3.63, 3.8) is 0 Å². The first kappa shape index (κ1) is 14.5. The molecule has 0 aliphatic heterocycles. The third-order valence-electron chi connectivity index (χ3n) is 3.04. The molecule has 98 valence electrons. The SMILES string of the molecule is CCc1cc(CNC(C)C(CO)SC)n(C)n1. The van der Waals surface area contributed by atoms with Gasteiger partial charge in [0.1, 0.15) is 0 Å². The van der Waals surface area contributed by atoms with Crippen LogP contribution >= 0.6 is 11.8 Å². The maximum Gasteiger partial charge on any atom is 0.0625 e. The van der Waals surface area contributed by atoms with Gasteiger partial charge in [0.15, 0.2) is 0 Å². The van der Waals surface area contributed by atoms with E-state index in [1.807, 2.05) is 18.0 Å². The molecule has 0 saturated carbocycles. The van der Waals surface area contributed by atoms with Crippen molar-refractivity contribution >= 4 is 11.8 Å². The van der Waals surface area contributed by atoms with E-state index in [4.69, 9.17) is 0 Å². The van der Waals surface area contributed by atoms with Gasteiger partial charge in [0, 0.05) is 24.9 Å². The summed E-state index contributed by atoms with van der Waals surface area (Å²) in [5.74, 6) is 0. The topological polar surface area (TPSA) is 50.1 Å². The molecule has 0 bridgehead atoms. The predicted molar refractivity (Wildman–Crippen MR) is 73.3 cm³/mol. The molecule has 4 nitrogen and oxygen atoms in total. The van der Waals surface area contributed by atoms with E-state index in [0.717, 1.165) is 18.7 Å². The van der Waals surface area contributed by atoms with Crippen LogP contribution in [0, 0.1) is 0 Å². The van der Waals surface area contributed by atoms with E-state index in [9.17, 15) is 5.11 Å². The van der Waals surface area contributed by atoms with E-state index < -0.39 is 0 Å². The molecule has 0 aromatic carbocycles. The van der Waals surface area contributed by atoms with Crippen molar-refractivity contribution in [2.24, 2.45) is 7.05 Å². The Balaban J connectivity index is 2.51. The second kappa shape index (κ2) is 7.03. The maximum atomic E-state index is 9.21. The zero-order valence-electron chi connectivity index (χ0n) is 11.1. The molecule has 2 N–H and O–H groups in total. The quantitative estimate of drug-likeness (QED) is 0.770. The zero-order chi connectivity index (χ0) is 12.8. The van der Waals surface area contributed by atoms with Crippen LogP contribution in [0.15, 0.2) is 6.07 Å². The molecular formula is C12H23N3OS. The van der Waals surface area contributed by atoms with Gasteiger partial charge in [0.25, 0.3) is 0 Å². The monoisotopic (exact) mass is 257 g/mol. The highest BCUT2D eigenvalue weighted by Gasteiger charge is 2.15. The molecule has 5 heteroatoms. The molecule has 1 heterocycles. The number of aliphatic hydroxyl groups excluding tert-OH is 1. The smallest absolute Gasteiger partial charge is 0.0625 e. The predicted octanol–water partition coefficient (Wildman–Crippen LogP) is 1.18. The largest absolute Gasteiger partial charge is 0.395 e. The Bertz CT molecular complexity index is 336. The molecule has 0 spiro atoms. The van der Waals surface area contributed by atoms with Crippen LogP contribution in [0.2, 0.25) is 0 Å². The number of thioether (sulfide) groups is 1. The van der Waals surface area contributed by atoms with Gasteiger partial charge in [-0.1, -0.05) is 6.92 Å². The highest BCUT2D eigenvalue weighted by molar-refractivity contribution is 7.99. The number of aryl methyl sites for hydroxylation is 2. The van der Waals surface area contributed by atoms with Crippen molar-refractivity contribution < 1.29 is 5.11 Å². The Morgan fingerprint density at radius 2 is 2.29 bits per heavy atom. The fourth-order valence-electron chi connectivity index (χ4n) is 1.74. The van der Waals surface area contributed by atoms with Gasteiger partial charge < -0.3 is 10.4 Å². The third kappa shape index (κ3) is 4.01. The van der Waals surface area contributed by atoms with Crippen LogP contribution in [0.4, 0.5) is 0 Å². The van der Waals surface area contributed by atoms with E-state index in [1.54, 1.807) is 11.8 Å². The maximum absolute atomic E-state index is 9.21. The standard InChI is InChI=1S/C12H23N3OS/c1-5-10-6-11(15(3)14-10)7-13-9(2)12(8-16)17-4/h6,9,12-13,16H,5,7-8H2,1-4H3. The Hall–Kier alpha value is -0.520. The molecule has 0 fully saturated rings. The summed E-state index contributed by atoms with van der Waals surface area (Å²) < 4.78 is 1.92. The number of aromatic nitrogens is 2. The minimum atomic E-state index is 0.209. The highest BCUT2D eigenvalue weighted by atomic mass is 32.2. The van der Waals surface area contributed by atoms with Crippen LogP contribution in [-0.2, 0) is 20.0 Å². The van der Waals surface area contributed by atoms with Gasteiger partial charge in [0.2, 0.25) is 0 Å². The minimum absolute atomic E-state index is 0.209. The molecule has 0 radical (unpaired) electrons. The fraction of sp³-hybridized carbons (Fsp3) is 0.750. The average molecular weight is 257 g/mol. The zero-order valence-corrected chi connectivity index (χ0v) is 11.9. The summed E-state index contributed by atoms with van der Waals surface area (Å²) in [4.78, 5) is 0. The van der Waals surface area contributed by atoms with Crippen LogP contribution < -0.4 is 5.32 Å². The first-order valence-electron chi connectivity index (χ1n) is 6.01. The number of hydrogen-bond donors (Lipinski definition) is 2. The number of nitrogens with zero attached hydrogens (tertiary/aromatic N) is 2. The molecule has 1 aromatic heterocycles. The Labute approximate surface area is 108 Å². The van der Waals surface area contributed by atoms with Crippen LogP contribution in [-0.4, -0.2) is 39.0 Å². The van der Waals surface area contributed by atoms with Gasteiger partial charge >= 0.3 is 0 Å². The molecule has 2 atom stereocenters. The van der Waals surface area contributed by atoms with Crippen LogP contribution in [0.5, 0.6) is 0 Å². The number of hydrogen-bond acceptors (Lipinski definition) is 4. The van der Waals surface area contributed by atoms with Crippen LogP contribution in [0.1, 0.15) is 25.2 Å². The van der Waals surface area contributed by atoms with E-state index >= 15 is 0 Å². The highest BCUT2D eigenvalue weighted by Crippen LogP contribution is 2.11. The summed E-state index contributed by atoms with van der Waals surface area (Å²) in [6.07, 6.45) is 2.99. The second-order valence-corrected chi connectivity index (χ2v) is 5.31. The summed E-state index contributed by atoms with van der Waals surface area (Å²) in [6, 6.07) is 2.42. The van der Waals surface area contributed by atoms with Crippen molar-refractivity contribution in [3.05, 3.63) is 17.5 Å². The Morgan fingerprint density at radius 3 is 2.76 bits per heavy atom. The molecule has 0 aliphatic rings. The number of rotatable bonds is 7. The fourth-order valence-corrected chi connectivity index (χ4v) is 2.40. The summed E-state index contributed by atoms with van der Waals surface area (Å²) in [5.41, 5.74) is 2.31. The molecule has 2 unspecified atom stereocenters. The molecule has 0 aliphatic carbocycles. The summed E-state index contributed by atoms with van der Waals surface area (Å²) in [6.45, 7) is 5.22. The van der Waals surface area contributed by atoms with E-state index in [1.165, 1.54) is 5.69 Å². The number of nitrogens with one attached hydrogen (secondary N) is 1. The van der Waals surface area contributed by atoms with Crippen molar-refractivity contribution in [1.29, 1.82) is 0 Å². The van der Waals surface area contributed by atoms with Crippen molar-refractivity contribution in [1.82, 2.24) is 15.1 Å². The lowest BCUT2D eigenvalue weighted by Crippen LogP contribution is -2.37. The van der Waals surface area contributed by atoms with Gasteiger partial charge in [-0.15, -0.1) is 0 Å². The van der Waals surface area contributed by atoms with Crippen molar-refractivity contribution in [2.75, 3.05) is 12.9 Å². The second-order valence-electron chi connectivity index (χ2n) is 4.23. The van der Waals surface area contributed by atoms with Crippen molar-refractivity contribution in [3.8, 4) is 0 Å². The first-order valence-corrected chi connectivity index (χ1v) is 7.30. The van der Waals surface area contributed by atoms with E-state index in [0.29, 0.717) is 0 Å². The lowest BCUT2D eigenvalue weighted by Gasteiger charge is -2.21. The molecule has 1 aromatic rings. The summed E-state index contributed by atoms with van der Waals surface area (Å²) >= 11 is 1.69. The third-order valence-corrected chi connectivity index (χ3v) is 4.20. The number of aliphatic hydroxyl groups is 1. The molecule has 0 amide bonds. The minimum Gasteiger partial charge on any atom is -0.395 e. The Morgan fingerprint density at radius 1 is 1.59 bits per heavy atom. The van der Waals surface area contributed by atoms with E-state index in [2.05, 4.69) is 30.3 Å². The normalized spacial score (nSPS) is 14.9.